The number of carbonyl (C=O) groups excluding carboxylic acids is 2. The zero-order valence-corrected chi connectivity index (χ0v) is 7.06. The van der Waals surface area contributed by atoms with Crippen LogP contribution in [0.25, 0.3) is 0 Å². The SMILES string of the molecule is NC(=O)C1C(N)C(=O)N1S(=O)(=O)O. The lowest BCUT2D eigenvalue weighted by Crippen LogP contribution is -2.73. The molecule has 8 nitrogen and oxygen atoms in total. The summed E-state index contributed by atoms with van der Waals surface area (Å²) in [6.45, 7) is 0. The summed E-state index contributed by atoms with van der Waals surface area (Å²) in [5.41, 5.74) is 9.84. The van der Waals surface area contributed by atoms with E-state index in [0.717, 1.165) is 0 Å². The predicted molar refractivity (Wildman–Crippen MR) is 39.4 cm³/mol. The van der Waals surface area contributed by atoms with Crippen molar-refractivity contribution in [3.63, 3.8) is 0 Å². The molecule has 13 heavy (non-hydrogen) atoms. The normalized spacial score (nSPS) is 28.5. The van der Waals surface area contributed by atoms with Crippen LogP contribution in [-0.2, 0) is 19.9 Å². The summed E-state index contributed by atoms with van der Waals surface area (Å²) in [4.78, 5) is 21.3. The fraction of sp³-hybridized carbons (Fsp3) is 0.500. The fourth-order valence-electron chi connectivity index (χ4n) is 1.03. The van der Waals surface area contributed by atoms with Gasteiger partial charge in [-0.3, -0.25) is 14.1 Å². The van der Waals surface area contributed by atoms with Crippen LogP contribution in [0.5, 0.6) is 0 Å². The van der Waals surface area contributed by atoms with Crippen LogP contribution in [0.15, 0.2) is 0 Å². The Morgan fingerprint density at radius 1 is 1.54 bits per heavy atom. The maximum atomic E-state index is 10.8. The number of carbonyl (C=O) groups is 2. The van der Waals surface area contributed by atoms with Gasteiger partial charge in [0.2, 0.25) is 5.91 Å². The maximum Gasteiger partial charge on any atom is 0.363 e. The van der Waals surface area contributed by atoms with Gasteiger partial charge in [-0.25, -0.2) is 4.31 Å². The van der Waals surface area contributed by atoms with Crippen molar-refractivity contribution < 1.29 is 22.6 Å². The van der Waals surface area contributed by atoms with Gasteiger partial charge >= 0.3 is 10.3 Å². The van der Waals surface area contributed by atoms with Gasteiger partial charge < -0.3 is 11.5 Å². The monoisotopic (exact) mass is 209 g/mol. The van der Waals surface area contributed by atoms with Gasteiger partial charge in [0, 0.05) is 0 Å². The van der Waals surface area contributed by atoms with E-state index in [1.807, 2.05) is 0 Å². The van der Waals surface area contributed by atoms with Crippen molar-refractivity contribution in [2.24, 2.45) is 11.5 Å². The molecule has 1 aliphatic rings. The van der Waals surface area contributed by atoms with E-state index < -0.39 is 34.2 Å². The highest BCUT2D eigenvalue weighted by molar-refractivity contribution is 7.84. The lowest BCUT2D eigenvalue weighted by molar-refractivity contribution is -0.147. The fourth-order valence-corrected chi connectivity index (χ4v) is 1.90. The smallest absolute Gasteiger partial charge is 0.363 e. The molecule has 0 aromatic carbocycles. The second-order valence-electron chi connectivity index (χ2n) is 2.48. The Kier molecular flexibility index (Phi) is 2.02. The first kappa shape index (κ1) is 9.89. The molecule has 0 aromatic rings. The minimum absolute atomic E-state index is 0.0417. The van der Waals surface area contributed by atoms with Gasteiger partial charge in [0.25, 0.3) is 5.91 Å². The van der Waals surface area contributed by atoms with Gasteiger partial charge in [0.05, 0.1) is 0 Å². The largest absolute Gasteiger partial charge is 0.368 e. The third-order valence-corrected chi connectivity index (χ3v) is 2.54. The van der Waals surface area contributed by atoms with Gasteiger partial charge in [-0.1, -0.05) is 0 Å². The third-order valence-electron chi connectivity index (χ3n) is 1.64. The van der Waals surface area contributed by atoms with Crippen LogP contribution in [-0.4, -0.2) is 41.2 Å². The van der Waals surface area contributed by atoms with Gasteiger partial charge in [0.1, 0.15) is 6.04 Å². The maximum absolute atomic E-state index is 10.8. The molecule has 5 N–H and O–H groups in total. The minimum atomic E-state index is -4.74. The number of primary amides is 1. The van der Waals surface area contributed by atoms with Gasteiger partial charge in [-0.05, 0) is 0 Å². The standard InChI is InChI=1S/C4H7N3O5S/c5-1-2(3(6)8)7(4(1)9)13(10,11)12/h1-2H,5H2,(H2,6,8)(H,10,11,12). The molecule has 2 atom stereocenters. The van der Waals surface area contributed by atoms with Crippen LogP contribution < -0.4 is 11.5 Å². The van der Waals surface area contributed by atoms with E-state index in [9.17, 15) is 18.0 Å². The molecule has 1 rings (SSSR count). The van der Waals surface area contributed by atoms with Crippen LogP contribution in [0.1, 0.15) is 0 Å². The van der Waals surface area contributed by atoms with Crippen molar-refractivity contribution >= 4 is 22.1 Å². The molecule has 74 valence electrons. The van der Waals surface area contributed by atoms with Crippen molar-refractivity contribution in [1.82, 2.24) is 4.31 Å². The van der Waals surface area contributed by atoms with E-state index in [4.69, 9.17) is 16.0 Å². The Balaban J connectivity index is 3.00. The molecule has 0 bridgehead atoms. The molecule has 2 unspecified atom stereocenters. The van der Waals surface area contributed by atoms with Crippen molar-refractivity contribution in [2.75, 3.05) is 0 Å². The molecule has 0 spiro atoms. The van der Waals surface area contributed by atoms with Crippen molar-refractivity contribution in [3.05, 3.63) is 0 Å². The minimum Gasteiger partial charge on any atom is -0.368 e. The van der Waals surface area contributed by atoms with Gasteiger partial charge in [-0.2, -0.15) is 8.42 Å². The zero-order chi connectivity index (χ0) is 10.4. The second kappa shape index (κ2) is 2.65. The molecule has 0 aromatic heterocycles. The highest BCUT2D eigenvalue weighted by Crippen LogP contribution is 2.21. The summed E-state index contributed by atoms with van der Waals surface area (Å²) >= 11 is 0. The van der Waals surface area contributed by atoms with Crippen LogP contribution in [0.3, 0.4) is 0 Å². The summed E-state index contributed by atoms with van der Waals surface area (Å²) < 4.78 is 29.4. The first-order valence-electron chi connectivity index (χ1n) is 3.12. The molecule has 1 heterocycles. The average molecular weight is 209 g/mol. The number of nitrogens with zero attached hydrogens (tertiary/aromatic N) is 1. The third kappa shape index (κ3) is 1.36. The number of hydrogen-bond donors (Lipinski definition) is 3. The molecule has 2 amide bonds. The van der Waals surface area contributed by atoms with E-state index >= 15 is 0 Å². The van der Waals surface area contributed by atoms with E-state index in [1.54, 1.807) is 0 Å². The topological polar surface area (TPSA) is 144 Å². The molecule has 9 heteroatoms. The lowest BCUT2D eigenvalue weighted by atomic mass is 10.00. The number of rotatable bonds is 2. The number of β-lactam (4-membered cyclic amide) rings is 1. The Morgan fingerprint density at radius 2 is 2.00 bits per heavy atom. The number of amides is 2. The Labute approximate surface area is 73.4 Å². The Bertz CT molecular complexity index is 362. The molecule has 0 radical (unpaired) electrons. The van der Waals surface area contributed by atoms with Crippen LogP contribution in [0, 0.1) is 0 Å². The van der Waals surface area contributed by atoms with Crippen molar-refractivity contribution in [3.8, 4) is 0 Å². The zero-order valence-electron chi connectivity index (χ0n) is 6.25. The lowest BCUT2D eigenvalue weighted by Gasteiger charge is -2.39. The molecule has 0 aliphatic carbocycles. The summed E-state index contributed by atoms with van der Waals surface area (Å²) in [6, 6.07) is -2.78. The second-order valence-corrected chi connectivity index (χ2v) is 3.77. The van der Waals surface area contributed by atoms with Crippen LogP contribution >= 0.6 is 0 Å². The molecule has 1 aliphatic heterocycles. The van der Waals surface area contributed by atoms with Crippen molar-refractivity contribution in [2.45, 2.75) is 12.1 Å². The summed E-state index contributed by atoms with van der Waals surface area (Å²) in [5, 5.41) is 0. The van der Waals surface area contributed by atoms with Crippen molar-refractivity contribution in [1.29, 1.82) is 0 Å². The summed E-state index contributed by atoms with van der Waals surface area (Å²) in [5.74, 6) is -2.13. The first-order chi connectivity index (χ1) is 5.76. The number of nitrogens with two attached hydrogens (primary N) is 2. The molecular formula is C4H7N3O5S. The average Bonchev–Trinajstić information content (AvgIpc) is 1.94. The van der Waals surface area contributed by atoms with E-state index in [2.05, 4.69) is 0 Å². The van der Waals surface area contributed by atoms with E-state index in [0.29, 0.717) is 0 Å². The molecular weight excluding hydrogens is 202 g/mol. The van der Waals surface area contributed by atoms with Crippen LogP contribution in [0.4, 0.5) is 0 Å². The molecule has 0 saturated carbocycles. The highest BCUT2D eigenvalue weighted by Gasteiger charge is 2.54. The summed E-state index contributed by atoms with van der Waals surface area (Å²) in [7, 11) is -4.74. The highest BCUT2D eigenvalue weighted by atomic mass is 32.2. The Hall–Kier alpha value is -1.19. The van der Waals surface area contributed by atoms with Gasteiger partial charge in [-0.15, -0.1) is 0 Å². The van der Waals surface area contributed by atoms with E-state index in [-0.39, 0.29) is 4.31 Å². The first-order valence-corrected chi connectivity index (χ1v) is 4.52. The Morgan fingerprint density at radius 3 is 2.23 bits per heavy atom. The van der Waals surface area contributed by atoms with Gasteiger partial charge in [0.15, 0.2) is 6.04 Å². The number of hydrogen-bond acceptors (Lipinski definition) is 5. The van der Waals surface area contributed by atoms with E-state index in [1.165, 1.54) is 0 Å². The quantitative estimate of drug-likeness (QED) is 0.323. The molecule has 1 fully saturated rings. The molecule has 1 saturated heterocycles. The summed E-state index contributed by atoms with van der Waals surface area (Å²) in [6.07, 6.45) is 0. The predicted octanol–water partition coefficient (Wildman–Crippen LogP) is -3.19. The van der Waals surface area contributed by atoms with Crippen LogP contribution in [0.2, 0.25) is 0 Å².